The lowest BCUT2D eigenvalue weighted by molar-refractivity contribution is -0.122. The molecule has 3 aromatic rings. The molecule has 30 heavy (non-hydrogen) atoms. The predicted molar refractivity (Wildman–Crippen MR) is 112 cm³/mol. The first kappa shape index (κ1) is 19.7. The Kier molecular flexibility index (Phi) is 5.51. The minimum absolute atomic E-state index is 0.0769. The Bertz CT molecular complexity index is 1080. The summed E-state index contributed by atoms with van der Waals surface area (Å²) in [5, 5.41) is 15.4. The average Bonchev–Trinajstić information content (AvgIpc) is 3.13. The van der Waals surface area contributed by atoms with Gasteiger partial charge in [0.15, 0.2) is 5.82 Å². The van der Waals surface area contributed by atoms with E-state index in [0.717, 1.165) is 35.6 Å². The van der Waals surface area contributed by atoms with Crippen molar-refractivity contribution in [2.45, 2.75) is 39.7 Å². The second-order valence-electron chi connectivity index (χ2n) is 7.32. The van der Waals surface area contributed by atoms with Crippen LogP contribution in [0, 0.1) is 13.8 Å². The molecule has 0 fully saturated rings. The Balaban J connectivity index is 1.35. The summed E-state index contributed by atoms with van der Waals surface area (Å²) in [6, 6.07) is 7.40. The molecule has 0 aliphatic carbocycles. The van der Waals surface area contributed by atoms with Gasteiger partial charge in [-0.15, -0.1) is 10.2 Å². The quantitative estimate of drug-likeness (QED) is 0.699. The molecule has 154 valence electrons. The normalized spacial score (nSPS) is 13.1. The molecule has 2 amide bonds. The zero-order valence-corrected chi connectivity index (χ0v) is 17.0. The second-order valence-corrected chi connectivity index (χ2v) is 7.32. The summed E-state index contributed by atoms with van der Waals surface area (Å²) in [4.78, 5) is 30.8. The van der Waals surface area contributed by atoms with Gasteiger partial charge in [-0.2, -0.15) is 5.10 Å². The number of aryl methyl sites for hydroxylation is 3. The zero-order valence-electron chi connectivity index (χ0n) is 17.0. The van der Waals surface area contributed by atoms with Crippen LogP contribution in [-0.4, -0.2) is 43.3 Å². The summed E-state index contributed by atoms with van der Waals surface area (Å²) in [5.74, 6) is 0.814. The minimum atomic E-state index is -0.270. The summed E-state index contributed by atoms with van der Waals surface area (Å²) in [5.41, 5.74) is 3.34. The standard InChI is InChI=1S/C21H23N7O2/c1-14-11-17(24-25-21(14)16-5-3-8-22-13-16)23-18(29)6-7-20(30)27-9-4-10-28-19(27)12-15(2)26-28/h3,5,8,11-13H,4,6-7,9-10H2,1-2H3,(H,23,24,29). The van der Waals surface area contributed by atoms with E-state index < -0.39 is 0 Å². The van der Waals surface area contributed by atoms with Gasteiger partial charge in [-0.1, -0.05) is 0 Å². The fourth-order valence-electron chi connectivity index (χ4n) is 3.55. The van der Waals surface area contributed by atoms with Crippen LogP contribution in [0.5, 0.6) is 0 Å². The lowest BCUT2D eigenvalue weighted by Crippen LogP contribution is -2.37. The average molecular weight is 405 g/mol. The molecule has 1 N–H and O–H groups in total. The number of carbonyl (C=O) groups excluding carboxylic acids is 2. The smallest absolute Gasteiger partial charge is 0.228 e. The maximum Gasteiger partial charge on any atom is 0.228 e. The van der Waals surface area contributed by atoms with Crippen molar-refractivity contribution in [2.24, 2.45) is 0 Å². The molecule has 4 rings (SSSR count). The van der Waals surface area contributed by atoms with E-state index in [1.807, 2.05) is 36.7 Å². The van der Waals surface area contributed by atoms with Gasteiger partial charge in [0.05, 0.1) is 11.4 Å². The molecular formula is C21H23N7O2. The molecule has 0 aromatic carbocycles. The molecule has 1 aliphatic rings. The Morgan fingerprint density at radius 1 is 1.13 bits per heavy atom. The predicted octanol–water partition coefficient (Wildman–Crippen LogP) is 2.51. The highest BCUT2D eigenvalue weighted by atomic mass is 16.2. The van der Waals surface area contributed by atoms with Crippen molar-refractivity contribution in [1.82, 2.24) is 25.0 Å². The Morgan fingerprint density at radius 2 is 2.00 bits per heavy atom. The Hall–Kier alpha value is -3.62. The molecule has 0 spiro atoms. The third-order valence-electron chi connectivity index (χ3n) is 4.96. The maximum absolute atomic E-state index is 12.7. The fraction of sp³-hybridized carbons (Fsp3) is 0.333. The number of anilines is 2. The lowest BCUT2D eigenvalue weighted by atomic mass is 10.1. The van der Waals surface area contributed by atoms with Gasteiger partial charge >= 0.3 is 0 Å². The van der Waals surface area contributed by atoms with E-state index >= 15 is 0 Å². The summed E-state index contributed by atoms with van der Waals surface area (Å²) < 4.78 is 1.85. The fourth-order valence-corrected chi connectivity index (χ4v) is 3.55. The van der Waals surface area contributed by atoms with Crippen molar-refractivity contribution in [3.8, 4) is 11.3 Å². The van der Waals surface area contributed by atoms with Gasteiger partial charge in [0.1, 0.15) is 5.82 Å². The zero-order chi connectivity index (χ0) is 21.1. The number of nitrogens with one attached hydrogen (secondary N) is 1. The molecule has 3 aromatic heterocycles. The van der Waals surface area contributed by atoms with E-state index in [4.69, 9.17) is 0 Å². The van der Waals surface area contributed by atoms with E-state index in [2.05, 4.69) is 25.6 Å². The summed E-state index contributed by atoms with van der Waals surface area (Å²) in [6.07, 6.45) is 4.46. The van der Waals surface area contributed by atoms with Crippen LogP contribution in [0.25, 0.3) is 11.3 Å². The maximum atomic E-state index is 12.7. The summed E-state index contributed by atoms with van der Waals surface area (Å²) in [7, 11) is 0. The molecule has 0 unspecified atom stereocenters. The highest BCUT2D eigenvalue weighted by Gasteiger charge is 2.24. The van der Waals surface area contributed by atoms with E-state index in [0.29, 0.717) is 18.1 Å². The number of pyridine rings is 1. The van der Waals surface area contributed by atoms with E-state index in [-0.39, 0.29) is 24.7 Å². The number of carbonyl (C=O) groups is 2. The van der Waals surface area contributed by atoms with E-state index in [1.54, 1.807) is 23.4 Å². The number of hydrogen-bond acceptors (Lipinski definition) is 6. The molecule has 9 nitrogen and oxygen atoms in total. The Labute approximate surface area is 174 Å². The third kappa shape index (κ3) is 4.19. The summed E-state index contributed by atoms with van der Waals surface area (Å²) >= 11 is 0. The van der Waals surface area contributed by atoms with Crippen LogP contribution in [0.15, 0.2) is 36.7 Å². The van der Waals surface area contributed by atoms with E-state index in [9.17, 15) is 9.59 Å². The first-order chi connectivity index (χ1) is 14.5. The number of aromatic nitrogens is 5. The van der Waals surface area contributed by atoms with Crippen LogP contribution in [0.1, 0.15) is 30.5 Å². The number of fused-ring (bicyclic) bond motifs is 1. The largest absolute Gasteiger partial charge is 0.309 e. The molecule has 0 radical (unpaired) electrons. The van der Waals surface area contributed by atoms with Crippen molar-refractivity contribution in [2.75, 3.05) is 16.8 Å². The van der Waals surface area contributed by atoms with Crippen LogP contribution in [0.2, 0.25) is 0 Å². The van der Waals surface area contributed by atoms with E-state index in [1.165, 1.54) is 0 Å². The van der Waals surface area contributed by atoms with Crippen molar-refractivity contribution >= 4 is 23.5 Å². The summed E-state index contributed by atoms with van der Waals surface area (Å²) in [6.45, 7) is 5.26. The highest BCUT2D eigenvalue weighted by Crippen LogP contribution is 2.23. The van der Waals surface area contributed by atoms with Crippen LogP contribution in [-0.2, 0) is 16.1 Å². The van der Waals surface area contributed by atoms with Gasteiger partial charge in [-0.05, 0) is 44.0 Å². The number of hydrogen-bond donors (Lipinski definition) is 1. The van der Waals surface area contributed by atoms with Gasteiger partial charge < -0.3 is 5.32 Å². The van der Waals surface area contributed by atoms with Gasteiger partial charge in [-0.3, -0.25) is 19.5 Å². The van der Waals surface area contributed by atoms with Crippen molar-refractivity contribution in [3.63, 3.8) is 0 Å². The van der Waals surface area contributed by atoms with Gasteiger partial charge in [0, 0.05) is 50.0 Å². The highest BCUT2D eigenvalue weighted by molar-refractivity contribution is 5.97. The molecule has 0 saturated carbocycles. The monoisotopic (exact) mass is 405 g/mol. The number of nitrogens with zero attached hydrogens (tertiary/aromatic N) is 6. The molecule has 0 saturated heterocycles. The molecule has 4 heterocycles. The molecular weight excluding hydrogens is 382 g/mol. The topological polar surface area (TPSA) is 106 Å². The lowest BCUT2D eigenvalue weighted by Gasteiger charge is -2.27. The van der Waals surface area contributed by atoms with Gasteiger partial charge in [0.25, 0.3) is 0 Å². The first-order valence-corrected chi connectivity index (χ1v) is 9.90. The van der Waals surface area contributed by atoms with Crippen molar-refractivity contribution < 1.29 is 9.59 Å². The number of rotatable bonds is 5. The molecule has 0 atom stereocenters. The van der Waals surface area contributed by atoms with Crippen molar-refractivity contribution in [3.05, 3.63) is 47.9 Å². The SMILES string of the molecule is Cc1cc2n(n1)CCCN2C(=O)CCC(=O)Nc1cc(C)c(-c2cccnc2)nn1. The number of amides is 2. The molecule has 9 heteroatoms. The van der Waals surface area contributed by atoms with Crippen LogP contribution < -0.4 is 10.2 Å². The molecule has 0 bridgehead atoms. The van der Waals surface area contributed by atoms with Crippen LogP contribution in [0.3, 0.4) is 0 Å². The third-order valence-corrected chi connectivity index (χ3v) is 4.96. The second kappa shape index (κ2) is 8.40. The van der Waals surface area contributed by atoms with Gasteiger partial charge in [0.2, 0.25) is 11.8 Å². The van der Waals surface area contributed by atoms with Gasteiger partial charge in [-0.25, -0.2) is 4.68 Å². The minimum Gasteiger partial charge on any atom is -0.309 e. The van der Waals surface area contributed by atoms with Crippen LogP contribution in [0.4, 0.5) is 11.6 Å². The van der Waals surface area contributed by atoms with Crippen molar-refractivity contribution in [1.29, 1.82) is 0 Å². The Morgan fingerprint density at radius 3 is 2.77 bits per heavy atom. The van der Waals surface area contributed by atoms with Crippen LogP contribution >= 0.6 is 0 Å². The first-order valence-electron chi connectivity index (χ1n) is 9.90. The molecule has 1 aliphatic heterocycles.